The number of hydrogen-bond donors (Lipinski definition) is 1. The molecule has 0 aliphatic rings. The van der Waals surface area contributed by atoms with Crippen LogP contribution in [0.1, 0.15) is 17.2 Å². The van der Waals surface area contributed by atoms with Crippen molar-refractivity contribution < 1.29 is 13.2 Å². The van der Waals surface area contributed by atoms with Gasteiger partial charge in [0.25, 0.3) is 0 Å². The standard InChI is InChI=1S/C17H19BrN2O3S/c1-12-11-14(9-10-15(12)18)19-17(21)16(20(2)24(3,22)23)13-7-5-4-6-8-13/h4-11,16H,1-3H3,(H,19,21)/t16-/m1/s1. The van der Waals surface area contributed by atoms with Gasteiger partial charge in [-0.1, -0.05) is 46.3 Å². The van der Waals surface area contributed by atoms with E-state index in [0.29, 0.717) is 11.3 Å². The zero-order chi connectivity index (χ0) is 17.9. The van der Waals surface area contributed by atoms with Gasteiger partial charge in [0.05, 0.1) is 6.26 Å². The number of nitrogens with zero attached hydrogens (tertiary/aromatic N) is 1. The average molecular weight is 411 g/mol. The Labute approximate surface area is 150 Å². The summed E-state index contributed by atoms with van der Waals surface area (Å²) < 4.78 is 25.9. The van der Waals surface area contributed by atoms with E-state index in [1.165, 1.54) is 7.05 Å². The summed E-state index contributed by atoms with van der Waals surface area (Å²) in [6, 6.07) is 13.3. The van der Waals surface area contributed by atoms with E-state index in [9.17, 15) is 13.2 Å². The Balaban J connectivity index is 2.36. The molecule has 0 unspecified atom stereocenters. The largest absolute Gasteiger partial charge is 0.324 e. The Morgan fingerprint density at radius 1 is 1.17 bits per heavy atom. The maximum atomic E-state index is 12.8. The number of carbonyl (C=O) groups excluding carboxylic acids is 1. The minimum Gasteiger partial charge on any atom is -0.324 e. The molecule has 0 heterocycles. The number of amides is 1. The fourth-order valence-corrected chi connectivity index (χ4v) is 3.13. The Bertz CT molecular complexity index is 838. The van der Waals surface area contributed by atoms with Crippen LogP contribution in [0.3, 0.4) is 0 Å². The van der Waals surface area contributed by atoms with Crippen LogP contribution in [0.15, 0.2) is 53.0 Å². The minimum absolute atomic E-state index is 0.407. The van der Waals surface area contributed by atoms with Crippen LogP contribution in [0.25, 0.3) is 0 Å². The van der Waals surface area contributed by atoms with E-state index in [4.69, 9.17) is 0 Å². The Morgan fingerprint density at radius 2 is 1.79 bits per heavy atom. The SMILES string of the molecule is Cc1cc(NC(=O)[C@@H](c2ccccc2)N(C)S(C)(=O)=O)ccc1Br. The predicted octanol–water partition coefficient (Wildman–Crippen LogP) is 3.33. The van der Waals surface area contributed by atoms with Crippen LogP contribution in [0, 0.1) is 6.92 Å². The van der Waals surface area contributed by atoms with Crippen LogP contribution in [0.5, 0.6) is 0 Å². The smallest absolute Gasteiger partial charge is 0.247 e. The van der Waals surface area contributed by atoms with E-state index in [2.05, 4.69) is 21.2 Å². The summed E-state index contributed by atoms with van der Waals surface area (Å²) in [5, 5.41) is 2.80. The van der Waals surface area contributed by atoms with Crippen molar-refractivity contribution >= 4 is 37.5 Å². The lowest BCUT2D eigenvalue weighted by atomic mass is 10.1. The molecular formula is C17H19BrN2O3S. The first-order chi connectivity index (χ1) is 11.2. The summed E-state index contributed by atoms with van der Waals surface area (Å²) in [4.78, 5) is 12.8. The molecule has 1 N–H and O–H groups in total. The molecule has 24 heavy (non-hydrogen) atoms. The predicted molar refractivity (Wildman–Crippen MR) is 99.3 cm³/mol. The molecule has 0 saturated heterocycles. The van der Waals surface area contributed by atoms with Crippen LogP contribution < -0.4 is 5.32 Å². The summed E-state index contributed by atoms with van der Waals surface area (Å²) in [5.74, 6) is -0.407. The molecule has 1 atom stereocenters. The van der Waals surface area contributed by atoms with Crippen LogP contribution in [0.2, 0.25) is 0 Å². The van der Waals surface area contributed by atoms with Crippen molar-refractivity contribution in [3.63, 3.8) is 0 Å². The third-order valence-corrected chi connectivity index (χ3v) is 5.82. The lowest BCUT2D eigenvalue weighted by Crippen LogP contribution is -2.38. The number of hydrogen-bond acceptors (Lipinski definition) is 3. The highest BCUT2D eigenvalue weighted by atomic mass is 79.9. The van der Waals surface area contributed by atoms with Gasteiger partial charge in [-0.25, -0.2) is 8.42 Å². The summed E-state index contributed by atoms with van der Waals surface area (Å²) >= 11 is 3.41. The van der Waals surface area contributed by atoms with Crippen molar-refractivity contribution in [2.24, 2.45) is 0 Å². The Kier molecular flexibility index (Phi) is 5.79. The number of rotatable bonds is 5. The van der Waals surface area contributed by atoms with Gasteiger partial charge in [0.2, 0.25) is 15.9 Å². The van der Waals surface area contributed by atoms with Crippen LogP contribution in [0.4, 0.5) is 5.69 Å². The molecule has 0 fully saturated rings. The Hall–Kier alpha value is -1.70. The first kappa shape index (κ1) is 18.6. The second kappa shape index (κ2) is 7.46. The molecule has 0 aliphatic carbocycles. The first-order valence-electron chi connectivity index (χ1n) is 7.25. The second-order valence-corrected chi connectivity index (χ2v) is 8.44. The van der Waals surface area contributed by atoms with Gasteiger partial charge in [0.15, 0.2) is 0 Å². The van der Waals surface area contributed by atoms with Gasteiger partial charge >= 0.3 is 0 Å². The van der Waals surface area contributed by atoms with Crippen molar-refractivity contribution in [2.45, 2.75) is 13.0 Å². The lowest BCUT2D eigenvalue weighted by Gasteiger charge is -2.25. The monoisotopic (exact) mass is 410 g/mol. The molecule has 1 amide bonds. The molecule has 0 bridgehead atoms. The van der Waals surface area contributed by atoms with Crippen molar-refractivity contribution in [3.8, 4) is 0 Å². The summed E-state index contributed by atoms with van der Waals surface area (Å²) in [5.41, 5.74) is 2.20. The normalized spacial score (nSPS) is 12.9. The number of sulfonamides is 1. The van der Waals surface area contributed by atoms with Gasteiger partial charge in [0.1, 0.15) is 6.04 Å². The highest BCUT2D eigenvalue weighted by Crippen LogP contribution is 2.25. The number of aryl methyl sites for hydroxylation is 1. The van der Waals surface area contributed by atoms with Crippen molar-refractivity contribution in [1.82, 2.24) is 4.31 Å². The summed E-state index contributed by atoms with van der Waals surface area (Å²) in [6.45, 7) is 1.91. The summed E-state index contributed by atoms with van der Waals surface area (Å²) in [7, 11) is -2.14. The van der Waals surface area contributed by atoms with E-state index in [1.807, 2.05) is 25.1 Å². The molecule has 7 heteroatoms. The fraction of sp³-hybridized carbons (Fsp3) is 0.235. The van der Waals surface area contributed by atoms with Gasteiger partial charge < -0.3 is 5.32 Å². The zero-order valence-corrected chi connectivity index (χ0v) is 16.1. The third kappa shape index (κ3) is 4.43. The van der Waals surface area contributed by atoms with Crippen LogP contribution >= 0.6 is 15.9 Å². The molecule has 0 aliphatic heterocycles. The first-order valence-corrected chi connectivity index (χ1v) is 9.89. The maximum absolute atomic E-state index is 12.8. The summed E-state index contributed by atoms with van der Waals surface area (Å²) in [6.07, 6.45) is 1.08. The van der Waals surface area contributed by atoms with Crippen LogP contribution in [-0.4, -0.2) is 31.9 Å². The molecule has 2 aromatic rings. The number of halogens is 1. The molecule has 5 nitrogen and oxygen atoms in total. The molecule has 0 saturated carbocycles. The van der Waals surface area contributed by atoms with Gasteiger partial charge in [-0.2, -0.15) is 4.31 Å². The topological polar surface area (TPSA) is 66.5 Å². The van der Waals surface area contributed by atoms with Gasteiger partial charge in [-0.05, 0) is 36.2 Å². The van der Waals surface area contributed by atoms with E-state index >= 15 is 0 Å². The quantitative estimate of drug-likeness (QED) is 0.821. The molecular weight excluding hydrogens is 392 g/mol. The van der Waals surface area contributed by atoms with E-state index < -0.39 is 22.0 Å². The van der Waals surface area contributed by atoms with Gasteiger partial charge in [-0.15, -0.1) is 0 Å². The Morgan fingerprint density at radius 3 is 2.33 bits per heavy atom. The van der Waals surface area contributed by atoms with Gasteiger partial charge in [0, 0.05) is 17.2 Å². The fourth-order valence-electron chi connectivity index (χ4n) is 2.29. The molecule has 2 aromatic carbocycles. The molecule has 128 valence electrons. The van der Waals surface area contributed by atoms with Crippen molar-refractivity contribution in [3.05, 3.63) is 64.1 Å². The van der Waals surface area contributed by atoms with Crippen molar-refractivity contribution in [2.75, 3.05) is 18.6 Å². The van der Waals surface area contributed by atoms with Crippen molar-refractivity contribution in [1.29, 1.82) is 0 Å². The number of anilines is 1. The lowest BCUT2D eigenvalue weighted by molar-refractivity contribution is -0.119. The molecule has 2 rings (SSSR count). The van der Waals surface area contributed by atoms with Gasteiger partial charge in [-0.3, -0.25) is 4.79 Å². The second-order valence-electron chi connectivity index (χ2n) is 5.55. The number of likely N-dealkylation sites (N-methyl/N-ethyl adjacent to an activating group) is 1. The van der Waals surface area contributed by atoms with Crippen LogP contribution in [-0.2, 0) is 14.8 Å². The van der Waals surface area contributed by atoms with E-state index in [-0.39, 0.29) is 0 Å². The molecule has 0 radical (unpaired) electrons. The highest BCUT2D eigenvalue weighted by Gasteiger charge is 2.30. The minimum atomic E-state index is -3.54. The average Bonchev–Trinajstić information content (AvgIpc) is 2.51. The van der Waals surface area contributed by atoms with E-state index in [0.717, 1.165) is 20.6 Å². The molecule has 0 aromatic heterocycles. The number of carbonyl (C=O) groups is 1. The maximum Gasteiger partial charge on any atom is 0.247 e. The zero-order valence-electron chi connectivity index (χ0n) is 13.7. The third-order valence-electron chi connectivity index (χ3n) is 3.68. The number of nitrogens with one attached hydrogen (secondary N) is 1. The highest BCUT2D eigenvalue weighted by molar-refractivity contribution is 9.10. The molecule has 0 spiro atoms. The van der Waals surface area contributed by atoms with E-state index in [1.54, 1.807) is 30.3 Å². The number of benzene rings is 2.